The number of anilines is 1. The summed E-state index contributed by atoms with van der Waals surface area (Å²) < 4.78 is 2.28. The zero-order valence-corrected chi connectivity index (χ0v) is 10.3. The molecule has 88 valence electrons. The Morgan fingerprint density at radius 3 is 2.69 bits per heavy atom. The molecular weight excluding hydrogens is 198 g/mol. The van der Waals surface area contributed by atoms with Crippen LogP contribution in [0, 0.1) is 19.8 Å². The van der Waals surface area contributed by atoms with E-state index in [1.807, 2.05) is 0 Å². The topological polar surface area (TPSA) is 29.9 Å². The predicted octanol–water partition coefficient (Wildman–Crippen LogP) is 3.05. The molecule has 1 saturated carbocycles. The van der Waals surface area contributed by atoms with Crippen LogP contribution in [0.3, 0.4) is 0 Å². The second-order valence-corrected chi connectivity index (χ2v) is 5.33. The molecule has 1 aromatic heterocycles. The summed E-state index contributed by atoms with van der Waals surface area (Å²) in [5, 5.41) is 8.24. The maximum Gasteiger partial charge on any atom is 0.127 e. The normalized spacial score (nSPS) is 25.5. The summed E-state index contributed by atoms with van der Waals surface area (Å²) in [6, 6.07) is 0.658. The summed E-state index contributed by atoms with van der Waals surface area (Å²) in [7, 11) is 0. The minimum absolute atomic E-state index is 0.658. The smallest absolute Gasteiger partial charge is 0.127 e. The third kappa shape index (κ3) is 1.45. The highest BCUT2D eigenvalue weighted by atomic mass is 15.4. The summed E-state index contributed by atoms with van der Waals surface area (Å²) in [6.45, 7) is 5.42. The van der Waals surface area contributed by atoms with Gasteiger partial charge in [0.15, 0.2) is 0 Å². The summed E-state index contributed by atoms with van der Waals surface area (Å²) in [5.41, 5.74) is 2.52. The highest BCUT2D eigenvalue weighted by Crippen LogP contribution is 2.40. The standard InChI is InChI=1S/C13H21N3/c1-9-10(2)15-16-12(7-8-14-13(9)16)11-5-3-4-6-11/h11-12,14H,3-8H2,1-2H3. The Hall–Kier alpha value is -0.990. The van der Waals surface area contributed by atoms with Crippen LogP contribution in [-0.4, -0.2) is 16.3 Å². The number of aryl methyl sites for hydroxylation is 1. The maximum atomic E-state index is 4.73. The fourth-order valence-electron chi connectivity index (χ4n) is 3.32. The number of rotatable bonds is 1. The third-order valence-corrected chi connectivity index (χ3v) is 4.38. The van der Waals surface area contributed by atoms with Crippen LogP contribution in [-0.2, 0) is 0 Å². The van der Waals surface area contributed by atoms with E-state index >= 15 is 0 Å². The molecule has 3 rings (SSSR count). The number of aromatic nitrogens is 2. The Bertz CT molecular complexity index is 388. The molecule has 1 aliphatic carbocycles. The fourth-order valence-corrected chi connectivity index (χ4v) is 3.32. The van der Waals surface area contributed by atoms with Crippen LogP contribution < -0.4 is 5.32 Å². The van der Waals surface area contributed by atoms with Gasteiger partial charge in [-0.05, 0) is 39.0 Å². The van der Waals surface area contributed by atoms with Gasteiger partial charge in [0, 0.05) is 12.1 Å². The van der Waals surface area contributed by atoms with Crippen LogP contribution in [0.1, 0.15) is 49.4 Å². The Balaban J connectivity index is 1.96. The van der Waals surface area contributed by atoms with E-state index in [1.54, 1.807) is 0 Å². The van der Waals surface area contributed by atoms with Gasteiger partial charge in [-0.1, -0.05) is 12.8 Å². The van der Waals surface area contributed by atoms with Crippen molar-refractivity contribution in [3.8, 4) is 0 Å². The van der Waals surface area contributed by atoms with Gasteiger partial charge in [0.05, 0.1) is 11.7 Å². The van der Waals surface area contributed by atoms with Crippen molar-refractivity contribution in [3.05, 3.63) is 11.3 Å². The average molecular weight is 219 g/mol. The summed E-state index contributed by atoms with van der Waals surface area (Å²) in [6.07, 6.45) is 6.90. The Morgan fingerprint density at radius 2 is 1.94 bits per heavy atom. The summed E-state index contributed by atoms with van der Waals surface area (Å²) in [5.74, 6) is 2.15. The Morgan fingerprint density at radius 1 is 1.19 bits per heavy atom. The summed E-state index contributed by atoms with van der Waals surface area (Å²) >= 11 is 0. The first-order valence-electron chi connectivity index (χ1n) is 6.57. The molecule has 1 aromatic rings. The molecule has 1 aliphatic heterocycles. The molecule has 16 heavy (non-hydrogen) atoms. The van der Waals surface area contributed by atoms with Gasteiger partial charge >= 0.3 is 0 Å². The van der Waals surface area contributed by atoms with E-state index in [0.717, 1.165) is 12.5 Å². The van der Waals surface area contributed by atoms with Crippen LogP contribution in [0.2, 0.25) is 0 Å². The monoisotopic (exact) mass is 219 g/mol. The molecule has 0 radical (unpaired) electrons. The van der Waals surface area contributed by atoms with Gasteiger partial charge in [-0.3, -0.25) is 0 Å². The largest absolute Gasteiger partial charge is 0.370 e. The van der Waals surface area contributed by atoms with Gasteiger partial charge < -0.3 is 5.32 Å². The lowest BCUT2D eigenvalue weighted by Crippen LogP contribution is -2.28. The van der Waals surface area contributed by atoms with Crippen molar-refractivity contribution in [2.75, 3.05) is 11.9 Å². The first-order chi connectivity index (χ1) is 7.77. The van der Waals surface area contributed by atoms with E-state index in [1.165, 1.54) is 49.2 Å². The van der Waals surface area contributed by atoms with Crippen LogP contribution >= 0.6 is 0 Å². The number of hydrogen-bond donors (Lipinski definition) is 1. The van der Waals surface area contributed by atoms with Crippen LogP contribution in [0.15, 0.2) is 0 Å². The molecule has 1 N–H and O–H groups in total. The number of nitrogens with zero attached hydrogens (tertiary/aromatic N) is 2. The molecule has 3 heteroatoms. The van der Waals surface area contributed by atoms with Crippen molar-refractivity contribution < 1.29 is 0 Å². The molecule has 0 spiro atoms. The first-order valence-corrected chi connectivity index (χ1v) is 6.57. The molecule has 2 heterocycles. The minimum Gasteiger partial charge on any atom is -0.370 e. The van der Waals surface area contributed by atoms with Crippen LogP contribution in [0.4, 0.5) is 5.82 Å². The second kappa shape index (κ2) is 3.79. The van der Waals surface area contributed by atoms with Gasteiger partial charge in [-0.2, -0.15) is 5.10 Å². The van der Waals surface area contributed by atoms with Gasteiger partial charge in [0.2, 0.25) is 0 Å². The number of hydrogen-bond acceptors (Lipinski definition) is 2. The molecular formula is C13H21N3. The van der Waals surface area contributed by atoms with E-state index in [0.29, 0.717) is 6.04 Å². The lowest BCUT2D eigenvalue weighted by Gasteiger charge is -2.30. The Labute approximate surface area is 97.2 Å². The zero-order chi connectivity index (χ0) is 11.1. The molecule has 0 bridgehead atoms. The van der Waals surface area contributed by atoms with Crippen molar-refractivity contribution in [3.63, 3.8) is 0 Å². The molecule has 0 amide bonds. The van der Waals surface area contributed by atoms with E-state index < -0.39 is 0 Å². The number of fused-ring (bicyclic) bond motifs is 1. The van der Waals surface area contributed by atoms with Gasteiger partial charge in [0.25, 0.3) is 0 Å². The van der Waals surface area contributed by atoms with Crippen LogP contribution in [0.5, 0.6) is 0 Å². The fraction of sp³-hybridized carbons (Fsp3) is 0.769. The molecule has 2 aliphatic rings. The van der Waals surface area contributed by atoms with E-state index in [-0.39, 0.29) is 0 Å². The van der Waals surface area contributed by atoms with E-state index in [2.05, 4.69) is 23.8 Å². The maximum absolute atomic E-state index is 4.73. The van der Waals surface area contributed by atoms with Crippen LogP contribution in [0.25, 0.3) is 0 Å². The molecule has 3 nitrogen and oxygen atoms in total. The van der Waals surface area contributed by atoms with Crippen molar-refractivity contribution in [2.24, 2.45) is 5.92 Å². The van der Waals surface area contributed by atoms with Crippen molar-refractivity contribution in [2.45, 2.75) is 52.0 Å². The van der Waals surface area contributed by atoms with Crippen molar-refractivity contribution in [1.29, 1.82) is 0 Å². The van der Waals surface area contributed by atoms with Crippen molar-refractivity contribution in [1.82, 2.24) is 9.78 Å². The lowest BCUT2D eigenvalue weighted by molar-refractivity contribution is 0.289. The average Bonchev–Trinajstić information content (AvgIpc) is 2.89. The third-order valence-electron chi connectivity index (χ3n) is 4.38. The van der Waals surface area contributed by atoms with Gasteiger partial charge in [-0.15, -0.1) is 0 Å². The molecule has 1 fully saturated rings. The van der Waals surface area contributed by atoms with Gasteiger partial charge in [-0.25, -0.2) is 4.68 Å². The molecule has 1 atom stereocenters. The van der Waals surface area contributed by atoms with E-state index in [9.17, 15) is 0 Å². The Kier molecular flexibility index (Phi) is 2.41. The minimum atomic E-state index is 0.658. The molecule has 0 aromatic carbocycles. The van der Waals surface area contributed by atoms with Crippen molar-refractivity contribution >= 4 is 5.82 Å². The summed E-state index contributed by atoms with van der Waals surface area (Å²) in [4.78, 5) is 0. The number of nitrogens with one attached hydrogen (secondary N) is 1. The van der Waals surface area contributed by atoms with E-state index in [4.69, 9.17) is 5.10 Å². The SMILES string of the molecule is Cc1nn2c(c1C)NCCC2C1CCCC1. The molecule has 1 unspecified atom stereocenters. The van der Waals surface area contributed by atoms with Gasteiger partial charge in [0.1, 0.15) is 5.82 Å². The zero-order valence-electron chi connectivity index (χ0n) is 10.3. The highest BCUT2D eigenvalue weighted by Gasteiger charge is 2.31. The predicted molar refractivity (Wildman–Crippen MR) is 65.8 cm³/mol. The lowest BCUT2D eigenvalue weighted by atomic mass is 9.94. The second-order valence-electron chi connectivity index (χ2n) is 5.33. The quantitative estimate of drug-likeness (QED) is 0.786. The first kappa shape index (κ1) is 10.2. The molecule has 0 saturated heterocycles. The highest BCUT2D eigenvalue weighted by molar-refractivity contribution is 5.48.